The van der Waals surface area contributed by atoms with Crippen LogP contribution in [0.5, 0.6) is 0 Å². The van der Waals surface area contributed by atoms with Crippen LogP contribution in [-0.4, -0.2) is 27.0 Å². The van der Waals surface area contributed by atoms with Gasteiger partial charge in [0, 0.05) is 18.3 Å². The Kier molecular flexibility index (Phi) is 5.04. The van der Waals surface area contributed by atoms with Gasteiger partial charge in [-0.25, -0.2) is 9.97 Å². The molecule has 0 aliphatic rings. The molecule has 2 aromatic heterocycles. The summed E-state index contributed by atoms with van der Waals surface area (Å²) in [4.78, 5) is 21.3. The highest BCUT2D eigenvalue weighted by Crippen LogP contribution is 2.26. The fourth-order valence-corrected chi connectivity index (χ4v) is 2.92. The van der Waals surface area contributed by atoms with Crippen molar-refractivity contribution in [3.63, 3.8) is 0 Å². The number of hydrogen-bond acceptors (Lipinski definition) is 3. The van der Waals surface area contributed by atoms with Gasteiger partial charge in [-0.1, -0.05) is 25.4 Å². The number of benzene rings is 1. The van der Waals surface area contributed by atoms with Crippen LogP contribution in [-0.2, 0) is 0 Å². The number of aromatic nitrogens is 3. The summed E-state index contributed by atoms with van der Waals surface area (Å²) in [5, 5.41) is 3.50. The molecule has 5 nitrogen and oxygen atoms in total. The first kappa shape index (κ1) is 17.4. The normalized spacial score (nSPS) is 11.2. The first-order valence-corrected chi connectivity index (χ1v) is 8.73. The minimum absolute atomic E-state index is 0.103. The van der Waals surface area contributed by atoms with E-state index in [-0.39, 0.29) is 5.91 Å². The van der Waals surface area contributed by atoms with E-state index in [9.17, 15) is 4.79 Å². The summed E-state index contributed by atoms with van der Waals surface area (Å²) in [6.45, 7) is 6.81. The van der Waals surface area contributed by atoms with Crippen LogP contribution in [0.3, 0.4) is 0 Å². The van der Waals surface area contributed by atoms with Gasteiger partial charge < -0.3 is 5.32 Å². The summed E-state index contributed by atoms with van der Waals surface area (Å²) in [5.74, 6) is 1.22. The summed E-state index contributed by atoms with van der Waals surface area (Å²) in [6.07, 6.45) is 2.66. The van der Waals surface area contributed by atoms with Gasteiger partial charge in [0.2, 0.25) is 0 Å². The molecule has 0 unspecified atom stereocenters. The van der Waals surface area contributed by atoms with Crippen LogP contribution in [0.15, 0.2) is 36.5 Å². The molecule has 1 amide bonds. The van der Waals surface area contributed by atoms with E-state index in [0.29, 0.717) is 28.7 Å². The van der Waals surface area contributed by atoms with Crippen LogP contribution in [0.4, 0.5) is 0 Å². The number of halogens is 1. The second-order valence-electron chi connectivity index (χ2n) is 6.45. The molecule has 0 aliphatic heterocycles. The molecule has 0 atom stereocenters. The highest BCUT2D eigenvalue weighted by Gasteiger charge is 2.15. The predicted octanol–water partition coefficient (Wildman–Crippen LogP) is 4.16. The van der Waals surface area contributed by atoms with E-state index in [1.54, 1.807) is 24.4 Å². The summed E-state index contributed by atoms with van der Waals surface area (Å²) < 4.78 is 1.88. The number of carbonyl (C=O) groups is 1. The fraction of sp³-hybridized carbons (Fsp3) is 0.316. The second kappa shape index (κ2) is 7.23. The third-order valence-electron chi connectivity index (χ3n) is 4.04. The van der Waals surface area contributed by atoms with Crippen LogP contribution in [0.2, 0.25) is 5.02 Å². The van der Waals surface area contributed by atoms with Gasteiger partial charge in [0.25, 0.3) is 5.91 Å². The zero-order valence-electron chi connectivity index (χ0n) is 14.6. The zero-order valence-corrected chi connectivity index (χ0v) is 15.3. The molecule has 2 heterocycles. The average Bonchev–Trinajstić information content (AvgIpc) is 2.90. The van der Waals surface area contributed by atoms with Crippen molar-refractivity contribution < 1.29 is 4.79 Å². The Hall–Kier alpha value is -2.40. The lowest BCUT2D eigenvalue weighted by Gasteiger charge is -2.12. The standard InChI is InChI=1S/C19H21ClN4O/c1-12(2)8-10-22-19(25)14-6-7-15(20)17(11-14)24-13(3)23-16-5-4-9-21-18(16)24/h4-7,9,11-12H,8,10H2,1-3H3,(H,22,25). The summed E-state index contributed by atoms with van der Waals surface area (Å²) in [7, 11) is 0. The Bertz CT molecular complexity index is 917. The number of carbonyl (C=O) groups excluding carboxylic acids is 1. The molecule has 3 rings (SSSR count). The maximum atomic E-state index is 12.4. The lowest BCUT2D eigenvalue weighted by Crippen LogP contribution is -2.25. The first-order valence-electron chi connectivity index (χ1n) is 8.35. The molecule has 0 saturated carbocycles. The number of amides is 1. The third-order valence-corrected chi connectivity index (χ3v) is 4.36. The molecule has 1 N–H and O–H groups in total. The largest absolute Gasteiger partial charge is 0.352 e. The number of rotatable bonds is 5. The average molecular weight is 357 g/mol. The fourth-order valence-electron chi connectivity index (χ4n) is 2.72. The highest BCUT2D eigenvalue weighted by molar-refractivity contribution is 6.32. The smallest absolute Gasteiger partial charge is 0.251 e. The third kappa shape index (κ3) is 3.66. The molecule has 0 spiro atoms. The van der Waals surface area contributed by atoms with Gasteiger partial charge in [0.15, 0.2) is 5.65 Å². The minimum Gasteiger partial charge on any atom is -0.352 e. The molecule has 1 aromatic carbocycles. The van der Waals surface area contributed by atoms with Crippen molar-refractivity contribution in [1.29, 1.82) is 0 Å². The molecule has 130 valence electrons. The van der Waals surface area contributed by atoms with E-state index < -0.39 is 0 Å². The van der Waals surface area contributed by atoms with Crippen LogP contribution >= 0.6 is 11.6 Å². The van der Waals surface area contributed by atoms with E-state index in [1.807, 2.05) is 23.6 Å². The molecular formula is C19H21ClN4O. The Labute approximate surface area is 152 Å². The molecule has 0 aliphatic carbocycles. The van der Waals surface area contributed by atoms with Crippen molar-refractivity contribution in [1.82, 2.24) is 19.9 Å². The van der Waals surface area contributed by atoms with Gasteiger partial charge in [-0.15, -0.1) is 0 Å². The van der Waals surface area contributed by atoms with E-state index in [0.717, 1.165) is 23.4 Å². The van der Waals surface area contributed by atoms with E-state index in [2.05, 4.69) is 29.1 Å². The van der Waals surface area contributed by atoms with Crippen molar-refractivity contribution in [2.45, 2.75) is 27.2 Å². The summed E-state index contributed by atoms with van der Waals surface area (Å²) in [6, 6.07) is 9.01. The van der Waals surface area contributed by atoms with Crippen molar-refractivity contribution in [3.8, 4) is 5.69 Å². The summed E-state index contributed by atoms with van der Waals surface area (Å²) >= 11 is 6.40. The zero-order chi connectivity index (χ0) is 18.0. The number of hydrogen-bond donors (Lipinski definition) is 1. The van der Waals surface area contributed by atoms with Crippen LogP contribution in [0.25, 0.3) is 16.9 Å². The van der Waals surface area contributed by atoms with Crippen molar-refractivity contribution in [2.75, 3.05) is 6.54 Å². The van der Waals surface area contributed by atoms with Crippen molar-refractivity contribution >= 4 is 28.7 Å². The van der Waals surface area contributed by atoms with E-state index in [4.69, 9.17) is 11.6 Å². The second-order valence-corrected chi connectivity index (χ2v) is 6.85. The van der Waals surface area contributed by atoms with Crippen LogP contribution in [0, 0.1) is 12.8 Å². The lowest BCUT2D eigenvalue weighted by molar-refractivity contribution is 0.0952. The van der Waals surface area contributed by atoms with Crippen molar-refractivity contribution in [3.05, 3.63) is 52.9 Å². The number of fused-ring (bicyclic) bond motifs is 1. The van der Waals surface area contributed by atoms with Gasteiger partial charge in [0.05, 0.1) is 10.7 Å². The van der Waals surface area contributed by atoms with Crippen LogP contribution < -0.4 is 5.32 Å². The van der Waals surface area contributed by atoms with Crippen molar-refractivity contribution in [2.24, 2.45) is 5.92 Å². The van der Waals surface area contributed by atoms with Gasteiger partial charge in [-0.2, -0.15) is 0 Å². The van der Waals surface area contributed by atoms with Gasteiger partial charge in [-0.05, 0) is 49.6 Å². The molecular weight excluding hydrogens is 336 g/mol. The van der Waals surface area contributed by atoms with Crippen LogP contribution in [0.1, 0.15) is 36.5 Å². The molecule has 0 radical (unpaired) electrons. The van der Waals surface area contributed by atoms with Gasteiger partial charge >= 0.3 is 0 Å². The lowest BCUT2D eigenvalue weighted by atomic mass is 10.1. The van der Waals surface area contributed by atoms with Gasteiger partial charge in [-0.3, -0.25) is 9.36 Å². The number of nitrogens with one attached hydrogen (secondary N) is 1. The topological polar surface area (TPSA) is 59.8 Å². The Morgan fingerprint density at radius 3 is 2.88 bits per heavy atom. The van der Waals surface area contributed by atoms with E-state index in [1.165, 1.54) is 0 Å². The predicted molar refractivity (Wildman–Crippen MR) is 100 cm³/mol. The molecule has 3 aromatic rings. The number of imidazole rings is 1. The monoisotopic (exact) mass is 356 g/mol. The maximum absolute atomic E-state index is 12.4. The highest BCUT2D eigenvalue weighted by atomic mass is 35.5. The minimum atomic E-state index is -0.103. The van der Waals surface area contributed by atoms with Gasteiger partial charge in [0.1, 0.15) is 11.3 Å². The summed E-state index contributed by atoms with van der Waals surface area (Å²) in [5.41, 5.74) is 2.79. The molecule has 6 heteroatoms. The number of aryl methyl sites for hydroxylation is 1. The molecule has 0 bridgehead atoms. The Balaban J connectivity index is 1.97. The Morgan fingerprint density at radius 1 is 1.32 bits per heavy atom. The maximum Gasteiger partial charge on any atom is 0.251 e. The molecule has 0 saturated heterocycles. The first-order chi connectivity index (χ1) is 12.0. The number of nitrogens with zero attached hydrogens (tertiary/aromatic N) is 3. The molecule has 25 heavy (non-hydrogen) atoms. The quantitative estimate of drug-likeness (QED) is 0.746. The van der Waals surface area contributed by atoms with E-state index >= 15 is 0 Å². The SMILES string of the molecule is Cc1nc2cccnc2n1-c1cc(C(=O)NCCC(C)C)ccc1Cl. The number of pyridine rings is 1. The Morgan fingerprint density at radius 2 is 2.12 bits per heavy atom. The molecule has 0 fully saturated rings.